The van der Waals surface area contributed by atoms with Crippen LogP contribution in [-0.2, 0) is 6.54 Å². The van der Waals surface area contributed by atoms with Crippen LogP contribution in [0.5, 0.6) is 0 Å². The molecule has 0 radical (unpaired) electrons. The highest BCUT2D eigenvalue weighted by Gasteiger charge is 2.16. The van der Waals surface area contributed by atoms with Gasteiger partial charge in [-0.25, -0.2) is 0 Å². The van der Waals surface area contributed by atoms with Crippen LogP contribution in [0.1, 0.15) is 19.4 Å². The molecule has 0 saturated carbocycles. The smallest absolute Gasteiger partial charge is 0.192 e. The van der Waals surface area contributed by atoms with Gasteiger partial charge in [0.1, 0.15) is 0 Å². The number of rotatable bonds is 4. The Labute approximate surface area is 117 Å². The normalized spacial score (nSPS) is 12.1. The molecule has 0 aliphatic rings. The zero-order chi connectivity index (χ0) is 13.8. The van der Waals surface area contributed by atoms with Gasteiger partial charge in [-0.3, -0.25) is 0 Å². The third-order valence-electron chi connectivity index (χ3n) is 2.88. The molecule has 0 N–H and O–H groups in total. The molecular weight excluding hydrogens is 256 g/mol. The van der Waals surface area contributed by atoms with E-state index in [0.29, 0.717) is 0 Å². The summed E-state index contributed by atoms with van der Waals surface area (Å²) in [6.07, 6.45) is 0. The number of hydrogen-bond acceptors (Lipinski definition) is 4. The number of aryl methyl sites for hydroxylation is 1. The van der Waals surface area contributed by atoms with Crippen LogP contribution in [0.25, 0.3) is 11.4 Å². The molecule has 0 fully saturated rings. The molecule has 0 saturated heterocycles. The predicted octanol–water partition coefficient (Wildman–Crippen LogP) is 3.28. The summed E-state index contributed by atoms with van der Waals surface area (Å²) in [5.74, 6) is 0.869. The maximum absolute atomic E-state index is 8.90. The predicted molar refractivity (Wildman–Crippen MR) is 76.8 cm³/mol. The molecule has 5 heteroatoms. The molecule has 0 amide bonds. The van der Waals surface area contributed by atoms with E-state index in [2.05, 4.69) is 40.7 Å². The SMILES string of the molecule is CCn1c(S[C@@H](C)C#N)nnc1-c1ccccc1C. The van der Waals surface area contributed by atoms with Gasteiger partial charge in [0, 0.05) is 12.1 Å². The monoisotopic (exact) mass is 272 g/mol. The Bertz CT molecular complexity index is 612. The average Bonchev–Trinajstić information content (AvgIpc) is 2.81. The summed E-state index contributed by atoms with van der Waals surface area (Å²) >= 11 is 1.44. The highest BCUT2D eigenvalue weighted by Crippen LogP contribution is 2.27. The lowest BCUT2D eigenvalue weighted by Crippen LogP contribution is -2.02. The van der Waals surface area contributed by atoms with Gasteiger partial charge in [-0.05, 0) is 26.3 Å². The molecule has 2 rings (SSSR count). The quantitative estimate of drug-likeness (QED) is 0.801. The van der Waals surface area contributed by atoms with Crippen molar-refractivity contribution >= 4 is 11.8 Å². The molecule has 0 aliphatic carbocycles. The lowest BCUT2D eigenvalue weighted by Gasteiger charge is -2.09. The van der Waals surface area contributed by atoms with Crippen molar-refractivity contribution in [2.45, 2.75) is 37.7 Å². The summed E-state index contributed by atoms with van der Waals surface area (Å²) in [5.41, 5.74) is 2.27. The summed E-state index contributed by atoms with van der Waals surface area (Å²) in [4.78, 5) is 0. The van der Waals surface area contributed by atoms with E-state index in [1.807, 2.05) is 25.1 Å². The molecule has 98 valence electrons. The van der Waals surface area contributed by atoms with Crippen LogP contribution in [0.2, 0.25) is 0 Å². The van der Waals surface area contributed by atoms with Crippen LogP contribution in [0.15, 0.2) is 29.4 Å². The van der Waals surface area contributed by atoms with Crippen molar-refractivity contribution in [1.82, 2.24) is 14.8 Å². The molecule has 2 aromatic rings. The molecule has 1 atom stereocenters. The minimum absolute atomic E-state index is 0.126. The van der Waals surface area contributed by atoms with E-state index in [0.717, 1.165) is 23.1 Å². The van der Waals surface area contributed by atoms with Gasteiger partial charge >= 0.3 is 0 Å². The van der Waals surface area contributed by atoms with E-state index in [4.69, 9.17) is 5.26 Å². The van der Waals surface area contributed by atoms with Gasteiger partial charge in [-0.1, -0.05) is 36.0 Å². The number of thioether (sulfide) groups is 1. The van der Waals surface area contributed by atoms with Gasteiger partial charge in [0.15, 0.2) is 11.0 Å². The van der Waals surface area contributed by atoms with Crippen LogP contribution < -0.4 is 0 Å². The molecule has 19 heavy (non-hydrogen) atoms. The highest BCUT2D eigenvalue weighted by molar-refractivity contribution is 8.00. The van der Waals surface area contributed by atoms with Gasteiger partial charge < -0.3 is 4.57 Å². The molecule has 0 unspecified atom stereocenters. The van der Waals surface area contributed by atoms with E-state index in [-0.39, 0.29) is 5.25 Å². The van der Waals surface area contributed by atoms with E-state index >= 15 is 0 Å². The fourth-order valence-corrected chi connectivity index (χ4v) is 2.67. The summed E-state index contributed by atoms with van der Waals surface area (Å²) in [7, 11) is 0. The number of hydrogen-bond donors (Lipinski definition) is 0. The Balaban J connectivity index is 2.44. The average molecular weight is 272 g/mol. The Morgan fingerprint density at radius 3 is 2.74 bits per heavy atom. The van der Waals surface area contributed by atoms with Crippen LogP contribution in [0, 0.1) is 18.3 Å². The lowest BCUT2D eigenvalue weighted by atomic mass is 10.1. The van der Waals surface area contributed by atoms with E-state index in [9.17, 15) is 0 Å². The van der Waals surface area contributed by atoms with E-state index in [1.54, 1.807) is 0 Å². The fraction of sp³-hybridized carbons (Fsp3) is 0.357. The summed E-state index contributed by atoms with van der Waals surface area (Å²) in [5, 5.41) is 18.1. The summed E-state index contributed by atoms with van der Waals surface area (Å²) < 4.78 is 2.06. The second-order valence-corrected chi connectivity index (χ2v) is 5.56. The first-order valence-corrected chi connectivity index (χ1v) is 7.10. The van der Waals surface area contributed by atoms with Crippen LogP contribution in [0.4, 0.5) is 0 Å². The zero-order valence-electron chi connectivity index (χ0n) is 11.3. The molecule has 0 bridgehead atoms. The Hall–Kier alpha value is -1.80. The van der Waals surface area contributed by atoms with Crippen LogP contribution in [-0.4, -0.2) is 20.0 Å². The van der Waals surface area contributed by atoms with Gasteiger partial charge in [0.25, 0.3) is 0 Å². The molecule has 1 aromatic heterocycles. The number of benzene rings is 1. The van der Waals surface area contributed by atoms with Gasteiger partial charge in [0.2, 0.25) is 0 Å². The van der Waals surface area contributed by atoms with Gasteiger partial charge in [0.05, 0.1) is 11.3 Å². The second kappa shape index (κ2) is 5.89. The molecule has 1 heterocycles. The number of aromatic nitrogens is 3. The Morgan fingerprint density at radius 2 is 2.11 bits per heavy atom. The second-order valence-electron chi connectivity index (χ2n) is 4.25. The molecule has 0 spiro atoms. The van der Waals surface area contributed by atoms with E-state index in [1.165, 1.54) is 17.3 Å². The Morgan fingerprint density at radius 1 is 1.37 bits per heavy atom. The van der Waals surface area contributed by atoms with Crippen molar-refractivity contribution in [3.05, 3.63) is 29.8 Å². The first-order chi connectivity index (χ1) is 9.17. The van der Waals surface area contributed by atoms with Gasteiger partial charge in [-0.2, -0.15) is 5.26 Å². The fourth-order valence-electron chi connectivity index (χ4n) is 1.87. The van der Waals surface area contributed by atoms with E-state index < -0.39 is 0 Å². The first-order valence-electron chi connectivity index (χ1n) is 6.22. The van der Waals surface area contributed by atoms with Crippen molar-refractivity contribution < 1.29 is 0 Å². The van der Waals surface area contributed by atoms with Crippen molar-refractivity contribution in [2.24, 2.45) is 0 Å². The summed E-state index contributed by atoms with van der Waals surface area (Å²) in [6, 6.07) is 10.3. The Kier molecular flexibility index (Phi) is 4.23. The third-order valence-corrected chi connectivity index (χ3v) is 3.85. The zero-order valence-corrected chi connectivity index (χ0v) is 12.1. The van der Waals surface area contributed by atoms with Crippen molar-refractivity contribution in [3.63, 3.8) is 0 Å². The highest BCUT2D eigenvalue weighted by atomic mass is 32.2. The minimum Gasteiger partial charge on any atom is -0.302 e. The summed E-state index contributed by atoms with van der Waals surface area (Å²) in [6.45, 7) is 6.78. The molecule has 1 aromatic carbocycles. The maximum atomic E-state index is 8.90. The van der Waals surface area contributed by atoms with Gasteiger partial charge in [-0.15, -0.1) is 10.2 Å². The number of nitrogens with zero attached hydrogens (tertiary/aromatic N) is 4. The third kappa shape index (κ3) is 2.79. The van der Waals surface area contributed by atoms with Crippen LogP contribution in [0.3, 0.4) is 0 Å². The maximum Gasteiger partial charge on any atom is 0.192 e. The van der Waals surface area contributed by atoms with Crippen LogP contribution >= 0.6 is 11.8 Å². The largest absolute Gasteiger partial charge is 0.302 e. The van der Waals surface area contributed by atoms with Crippen molar-refractivity contribution in [3.8, 4) is 17.5 Å². The molecular formula is C14H16N4S. The minimum atomic E-state index is -0.126. The lowest BCUT2D eigenvalue weighted by molar-refractivity contribution is 0.686. The number of nitriles is 1. The molecule has 4 nitrogen and oxygen atoms in total. The standard InChI is InChI=1S/C14H16N4S/c1-4-18-13(12-8-6-5-7-10(12)2)16-17-14(18)19-11(3)9-15/h5-8,11H,4H2,1-3H3/t11-/m0/s1. The topological polar surface area (TPSA) is 54.5 Å². The van der Waals surface area contributed by atoms with Crippen molar-refractivity contribution in [2.75, 3.05) is 0 Å². The van der Waals surface area contributed by atoms with Crippen molar-refractivity contribution in [1.29, 1.82) is 5.26 Å². The molecule has 0 aliphatic heterocycles. The first kappa shape index (κ1) is 13.6.